The fraction of sp³-hybridized carbons (Fsp3) is 0.750. The van der Waals surface area contributed by atoms with E-state index in [0.717, 1.165) is 18.7 Å². The zero-order valence-corrected chi connectivity index (χ0v) is 11.2. The molecule has 0 spiro atoms. The maximum Gasteiger partial charge on any atom is 0.277 e. The van der Waals surface area contributed by atoms with Crippen molar-refractivity contribution >= 4 is 17.7 Å². The Kier molecular flexibility index (Phi) is 3.28. The average molecular weight is 267 g/mol. The van der Waals surface area contributed by atoms with Gasteiger partial charge in [-0.15, -0.1) is 10.2 Å². The highest BCUT2D eigenvalue weighted by Crippen LogP contribution is 2.39. The van der Waals surface area contributed by atoms with E-state index in [1.165, 1.54) is 24.6 Å². The van der Waals surface area contributed by atoms with Gasteiger partial charge in [-0.2, -0.15) is 0 Å². The second-order valence-corrected chi connectivity index (χ2v) is 6.09. The van der Waals surface area contributed by atoms with E-state index in [1.807, 2.05) is 0 Å². The number of nitrogens with one attached hydrogen (secondary N) is 1. The van der Waals surface area contributed by atoms with Crippen LogP contribution in [0.4, 0.5) is 0 Å². The molecule has 1 amide bonds. The Labute approximate surface area is 110 Å². The lowest BCUT2D eigenvalue weighted by Crippen LogP contribution is -2.35. The van der Waals surface area contributed by atoms with Crippen LogP contribution in [0.3, 0.4) is 0 Å². The summed E-state index contributed by atoms with van der Waals surface area (Å²) in [6.45, 7) is 2.07. The molecule has 2 fully saturated rings. The molecule has 1 atom stereocenters. The molecule has 1 N–H and O–H groups in total. The van der Waals surface area contributed by atoms with Crippen LogP contribution >= 0.6 is 11.8 Å². The van der Waals surface area contributed by atoms with Crippen LogP contribution in [0.1, 0.15) is 44.4 Å². The topological polar surface area (TPSA) is 68.0 Å². The summed E-state index contributed by atoms with van der Waals surface area (Å²) >= 11 is 1.32. The number of amides is 1. The normalized spacial score (nSPS) is 20.7. The van der Waals surface area contributed by atoms with Crippen LogP contribution in [0.5, 0.6) is 0 Å². The molecule has 1 aromatic heterocycles. The molecule has 98 valence electrons. The van der Waals surface area contributed by atoms with Crippen LogP contribution in [0, 0.1) is 5.92 Å². The molecule has 0 aromatic carbocycles. The molecule has 0 saturated heterocycles. The molecular weight excluding hydrogens is 250 g/mol. The third-order valence-electron chi connectivity index (χ3n) is 3.39. The van der Waals surface area contributed by atoms with Crippen LogP contribution in [-0.4, -0.2) is 27.9 Å². The van der Waals surface area contributed by atoms with Gasteiger partial charge in [-0.3, -0.25) is 4.79 Å². The highest BCUT2D eigenvalue weighted by atomic mass is 32.2. The van der Waals surface area contributed by atoms with Crippen LogP contribution in [0.15, 0.2) is 9.64 Å². The van der Waals surface area contributed by atoms with Crippen molar-refractivity contribution in [2.75, 3.05) is 5.75 Å². The lowest BCUT2D eigenvalue weighted by Gasteiger charge is -2.11. The van der Waals surface area contributed by atoms with Crippen molar-refractivity contribution in [3.05, 3.63) is 5.89 Å². The molecule has 0 bridgehead atoms. The number of nitrogens with zero attached hydrogens (tertiary/aromatic N) is 2. The van der Waals surface area contributed by atoms with Crippen molar-refractivity contribution < 1.29 is 9.21 Å². The largest absolute Gasteiger partial charge is 0.416 e. The summed E-state index contributed by atoms with van der Waals surface area (Å²) < 4.78 is 5.48. The van der Waals surface area contributed by atoms with E-state index in [9.17, 15) is 4.79 Å². The summed E-state index contributed by atoms with van der Waals surface area (Å²) in [6.07, 6.45) is 4.77. The maximum absolute atomic E-state index is 11.7. The predicted molar refractivity (Wildman–Crippen MR) is 67.3 cm³/mol. The number of carbonyl (C=O) groups is 1. The fourth-order valence-electron chi connectivity index (χ4n) is 1.91. The lowest BCUT2D eigenvalue weighted by atomic mass is 10.2. The minimum absolute atomic E-state index is 0.0468. The van der Waals surface area contributed by atoms with Crippen LogP contribution in [0.25, 0.3) is 0 Å². The lowest BCUT2D eigenvalue weighted by molar-refractivity contribution is -0.119. The molecule has 0 aliphatic heterocycles. The van der Waals surface area contributed by atoms with E-state index in [4.69, 9.17) is 4.42 Å². The number of carbonyl (C=O) groups excluding carboxylic acids is 1. The van der Waals surface area contributed by atoms with Crippen molar-refractivity contribution in [1.29, 1.82) is 0 Å². The zero-order valence-electron chi connectivity index (χ0n) is 10.4. The highest BCUT2D eigenvalue weighted by Gasteiger charge is 2.30. The van der Waals surface area contributed by atoms with Crippen molar-refractivity contribution in [2.45, 2.75) is 49.8 Å². The van der Waals surface area contributed by atoms with E-state index in [1.54, 1.807) is 0 Å². The summed E-state index contributed by atoms with van der Waals surface area (Å²) in [5, 5.41) is 11.4. The average Bonchev–Trinajstić information content (AvgIpc) is 3.24. The first-order valence-corrected chi connectivity index (χ1v) is 7.46. The molecule has 2 aliphatic rings. The number of hydrogen-bond acceptors (Lipinski definition) is 5. The van der Waals surface area contributed by atoms with E-state index < -0.39 is 0 Å². The minimum Gasteiger partial charge on any atom is -0.416 e. The second-order valence-electron chi connectivity index (χ2n) is 5.16. The summed E-state index contributed by atoms with van der Waals surface area (Å²) in [6, 6.07) is 0.294. The minimum atomic E-state index is 0.0468. The Balaban J connectivity index is 1.43. The Morgan fingerprint density at radius 3 is 2.89 bits per heavy atom. The fourth-order valence-corrected chi connectivity index (χ4v) is 2.49. The Morgan fingerprint density at radius 2 is 2.22 bits per heavy atom. The third kappa shape index (κ3) is 3.04. The first kappa shape index (κ1) is 12.0. The molecule has 0 radical (unpaired) electrons. The summed E-state index contributed by atoms with van der Waals surface area (Å²) in [7, 11) is 0. The van der Waals surface area contributed by atoms with Gasteiger partial charge in [0, 0.05) is 12.0 Å². The monoisotopic (exact) mass is 267 g/mol. The van der Waals surface area contributed by atoms with Gasteiger partial charge >= 0.3 is 0 Å². The Morgan fingerprint density at radius 1 is 1.44 bits per heavy atom. The number of rotatable bonds is 6. The second kappa shape index (κ2) is 4.91. The standard InChI is InChI=1S/C12H17N3O2S/c1-7(8-2-3-8)13-10(16)6-18-12-15-14-11(17-12)9-4-5-9/h7-9H,2-6H2,1H3,(H,13,16)/t7-/m1/s1. The van der Waals surface area contributed by atoms with E-state index in [-0.39, 0.29) is 5.91 Å². The van der Waals surface area contributed by atoms with Gasteiger partial charge in [0.15, 0.2) is 0 Å². The molecule has 6 heteroatoms. The molecule has 2 saturated carbocycles. The third-order valence-corrected chi connectivity index (χ3v) is 4.21. The first-order valence-electron chi connectivity index (χ1n) is 6.48. The molecule has 5 nitrogen and oxygen atoms in total. The number of hydrogen-bond donors (Lipinski definition) is 1. The summed E-state index contributed by atoms with van der Waals surface area (Å²) in [4.78, 5) is 11.7. The van der Waals surface area contributed by atoms with Gasteiger partial charge in [0.05, 0.1) is 5.75 Å². The van der Waals surface area contributed by atoms with Gasteiger partial charge in [0.1, 0.15) is 0 Å². The number of aromatic nitrogens is 2. The van der Waals surface area contributed by atoms with Crippen LogP contribution in [0.2, 0.25) is 0 Å². The summed E-state index contributed by atoms with van der Waals surface area (Å²) in [5.41, 5.74) is 0. The van der Waals surface area contributed by atoms with Crippen molar-refractivity contribution in [3.8, 4) is 0 Å². The van der Waals surface area contributed by atoms with Gasteiger partial charge in [-0.1, -0.05) is 11.8 Å². The summed E-state index contributed by atoms with van der Waals surface area (Å²) in [5.74, 6) is 2.28. The number of thioether (sulfide) groups is 1. The van der Waals surface area contributed by atoms with Crippen molar-refractivity contribution in [1.82, 2.24) is 15.5 Å². The van der Waals surface area contributed by atoms with Crippen molar-refractivity contribution in [3.63, 3.8) is 0 Å². The predicted octanol–water partition coefficient (Wildman–Crippen LogP) is 1.95. The van der Waals surface area contributed by atoms with Crippen LogP contribution in [-0.2, 0) is 4.79 Å². The van der Waals surface area contributed by atoms with Gasteiger partial charge < -0.3 is 9.73 Å². The molecule has 3 rings (SSSR count). The zero-order chi connectivity index (χ0) is 12.5. The smallest absolute Gasteiger partial charge is 0.277 e. The molecule has 1 aromatic rings. The molecule has 0 unspecified atom stereocenters. The van der Waals surface area contributed by atoms with E-state index in [2.05, 4.69) is 22.4 Å². The van der Waals surface area contributed by atoms with Gasteiger partial charge in [-0.05, 0) is 38.5 Å². The van der Waals surface area contributed by atoms with Crippen LogP contribution < -0.4 is 5.32 Å². The van der Waals surface area contributed by atoms with Gasteiger partial charge in [-0.25, -0.2) is 0 Å². The molecule has 18 heavy (non-hydrogen) atoms. The first-order chi connectivity index (χ1) is 8.72. The van der Waals surface area contributed by atoms with E-state index >= 15 is 0 Å². The maximum atomic E-state index is 11.7. The Hall–Kier alpha value is -1.04. The molecular formula is C12H17N3O2S. The highest BCUT2D eigenvalue weighted by molar-refractivity contribution is 7.99. The van der Waals surface area contributed by atoms with Gasteiger partial charge in [0.25, 0.3) is 5.22 Å². The van der Waals surface area contributed by atoms with Crippen molar-refractivity contribution in [2.24, 2.45) is 5.92 Å². The molecule has 2 aliphatic carbocycles. The van der Waals surface area contributed by atoms with E-state index in [0.29, 0.717) is 28.9 Å². The molecule has 1 heterocycles. The Bertz CT molecular complexity index is 440. The quantitative estimate of drug-likeness (QED) is 0.798. The SMILES string of the molecule is C[C@@H](NC(=O)CSc1nnc(C2CC2)o1)C1CC1. The van der Waals surface area contributed by atoms with Gasteiger partial charge in [0.2, 0.25) is 11.8 Å².